The number of aryl methyl sites for hydroxylation is 1. The zero-order chi connectivity index (χ0) is 21.3. The number of ether oxygens (including phenoxy) is 1. The third-order valence-electron chi connectivity index (χ3n) is 4.14. The van der Waals surface area contributed by atoms with E-state index >= 15 is 0 Å². The van der Waals surface area contributed by atoms with Gasteiger partial charge < -0.3 is 25.3 Å². The molecule has 0 aliphatic carbocycles. The molecule has 10 nitrogen and oxygen atoms in total. The van der Waals surface area contributed by atoms with Crippen molar-refractivity contribution in [2.45, 2.75) is 13.0 Å². The second-order valence-corrected chi connectivity index (χ2v) is 6.33. The summed E-state index contributed by atoms with van der Waals surface area (Å²) >= 11 is 0. The molecule has 3 rings (SSSR count). The first-order valence-electron chi connectivity index (χ1n) is 9.26. The number of carbonyl (C=O) groups is 1. The van der Waals surface area contributed by atoms with Gasteiger partial charge >= 0.3 is 6.09 Å². The van der Waals surface area contributed by atoms with Crippen LogP contribution in [0, 0.1) is 6.92 Å². The molecule has 0 aliphatic rings. The Balaban J connectivity index is 1.66. The summed E-state index contributed by atoms with van der Waals surface area (Å²) in [5, 5.41) is 20.9. The molecule has 0 fully saturated rings. The molecule has 0 saturated heterocycles. The van der Waals surface area contributed by atoms with Crippen LogP contribution in [0.4, 0.5) is 10.7 Å². The van der Waals surface area contributed by atoms with Gasteiger partial charge in [-0.05, 0) is 18.1 Å². The highest BCUT2D eigenvalue weighted by molar-refractivity contribution is 5.72. The highest BCUT2D eigenvalue weighted by Crippen LogP contribution is 2.25. The fourth-order valence-electron chi connectivity index (χ4n) is 2.71. The molecule has 1 amide bonds. The molecule has 158 valence electrons. The fraction of sp³-hybridized carbons (Fsp3) is 0.250. The number of nitrogens with one attached hydrogen (secondary N) is 3. The minimum Gasteiger partial charge on any atom is -0.394 e. The molecule has 2 heterocycles. The average molecular weight is 413 g/mol. The summed E-state index contributed by atoms with van der Waals surface area (Å²) in [6, 6.07) is 10.2. The lowest BCUT2D eigenvalue weighted by atomic mass is 10.1. The van der Waals surface area contributed by atoms with Crippen LogP contribution in [0.1, 0.15) is 17.2 Å². The van der Waals surface area contributed by atoms with Gasteiger partial charge in [-0.2, -0.15) is 0 Å². The minimum atomic E-state index is -0.703. The molecule has 0 saturated carbocycles. The van der Waals surface area contributed by atoms with E-state index in [2.05, 4.69) is 25.7 Å². The van der Waals surface area contributed by atoms with Gasteiger partial charge in [0.15, 0.2) is 0 Å². The van der Waals surface area contributed by atoms with Crippen molar-refractivity contribution in [2.75, 3.05) is 25.3 Å². The molecule has 5 N–H and O–H groups in total. The Morgan fingerprint density at radius 3 is 2.80 bits per heavy atom. The Bertz CT molecular complexity index is 963. The number of aromatic nitrogens is 3. The number of anilines is 1. The number of H-pyrrole nitrogens is 1. The maximum atomic E-state index is 12.2. The summed E-state index contributed by atoms with van der Waals surface area (Å²) in [6.45, 7) is 1.55. The van der Waals surface area contributed by atoms with Crippen LogP contribution in [-0.4, -0.2) is 51.1 Å². The Hall–Kier alpha value is -3.47. The number of aromatic amines is 1. The lowest BCUT2D eigenvalue weighted by Gasteiger charge is -2.15. The highest BCUT2D eigenvalue weighted by atomic mass is 16.6. The number of hydrogen-bond acceptors (Lipinski definition) is 8. The van der Waals surface area contributed by atoms with Crippen molar-refractivity contribution in [2.24, 2.45) is 0 Å². The monoisotopic (exact) mass is 413 g/mol. The van der Waals surface area contributed by atoms with Crippen LogP contribution in [0.15, 0.2) is 48.8 Å². The number of aliphatic hydroxyl groups is 2. The lowest BCUT2D eigenvalue weighted by Crippen LogP contribution is -2.33. The largest absolute Gasteiger partial charge is 0.414 e. The molecule has 0 aliphatic heterocycles. The van der Waals surface area contributed by atoms with Crippen molar-refractivity contribution in [3.63, 3.8) is 0 Å². The number of benzene rings is 1. The lowest BCUT2D eigenvalue weighted by molar-refractivity contribution is 0.131. The van der Waals surface area contributed by atoms with Gasteiger partial charge in [-0.3, -0.25) is 4.84 Å². The SMILES string of the molecule is Cc1cnc(NOCCO)nc1-c1c[nH]c(OC(=O)NC(CO)c2ccccc2)c1. The summed E-state index contributed by atoms with van der Waals surface area (Å²) in [4.78, 5) is 28.6. The Kier molecular flexibility index (Phi) is 7.33. The second kappa shape index (κ2) is 10.3. The van der Waals surface area contributed by atoms with Gasteiger partial charge in [0.1, 0.15) is 0 Å². The predicted molar refractivity (Wildman–Crippen MR) is 109 cm³/mol. The number of amides is 1. The number of rotatable bonds is 9. The number of hydrogen-bond donors (Lipinski definition) is 5. The first-order valence-corrected chi connectivity index (χ1v) is 9.26. The van der Waals surface area contributed by atoms with Crippen molar-refractivity contribution in [1.29, 1.82) is 0 Å². The van der Waals surface area contributed by atoms with Crippen LogP contribution in [0.2, 0.25) is 0 Å². The zero-order valence-corrected chi connectivity index (χ0v) is 16.3. The first-order chi connectivity index (χ1) is 14.6. The first kappa shape index (κ1) is 21.2. The molecule has 30 heavy (non-hydrogen) atoms. The van der Waals surface area contributed by atoms with E-state index in [4.69, 9.17) is 14.7 Å². The molecule has 3 aromatic rings. The van der Waals surface area contributed by atoms with Crippen LogP contribution in [-0.2, 0) is 4.84 Å². The van der Waals surface area contributed by atoms with Crippen LogP contribution < -0.4 is 15.5 Å². The van der Waals surface area contributed by atoms with Crippen LogP contribution in [0.3, 0.4) is 0 Å². The molecule has 0 bridgehead atoms. The molecule has 0 radical (unpaired) electrons. The molecule has 1 unspecified atom stereocenters. The fourth-order valence-corrected chi connectivity index (χ4v) is 2.71. The second-order valence-electron chi connectivity index (χ2n) is 6.33. The van der Waals surface area contributed by atoms with E-state index in [0.717, 1.165) is 11.1 Å². The Labute approximate surface area is 172 Å². The minimum absolute atomic E-state index is 0.0988. The third kappa shape index (κ3) is 5.54. The topological polar surface area (TPSA) is 142 Å². The van der Waals surface area contributed by atoms with Crippen molar-refractivity contribution in [1.82, 2.24) is 20.3 Å². The smallest absolute Gasteiger partial charge is 0.394 e. The quantitative estimate of drug-likeness (QED) is 0.265. The molecular weight excluding hydrogens is 390 g/mol. The van der Waals surface area contributed by atoms with E-state index in [1.54, 1.807) is 18.5 Å². The van der Waals surface area contributed by atoms with Gasteiger partial charge in [-0.1, -0.05) is 30.3 Å². The molecule has 0 spiro atoms. The molecule has 2 aromatic heterocycles. The van der Waals surface area contributed by atoms with Gasteiger partial charge in [0.2, 0.25) is 11.8 Å². The van der Waals surface area contributed by atoms with E-state index in [1.165, 1.54) is 0 Å². The Morgan fingerprint density at radius 2 is 2.07 bits per heavy atom. The molecule has 1 aromatic carbocycles. The maximum absolute atomic E-state index is 12.2. The molecular formula is C20H23N5O5. The summed E-state index contributed by atoms with van der Waals surface area (Å²) in [7, 11) is 0. The number of carbonyl (C=O) groups excluding carboxylic acids is 1. The van der Waals surface area contributed by atoms with Gasteiger partial charge in [-0.15, -0.1) is 0 Å². The van der Waals surface area contributed by atoms with Gasteiger partial charge in [-0.25, -0.2) is 20.2 Å². The number of nitrogens with zero attached hydrogens (tertiary/aromatic N) is 2. The van der Waals surface area contributed by atoms with Crippen molar-refractivity contribution in [3.8, 4) is 17.1 Å². The van der Waals surface area contributed by atoms with Crippen LogP contribution in [0.25, 0.3) is 11.3 Å². The molecule has 10 heteroatoms. The normalized spacial score (nSPS) is 11.7. The molecule has 1 atom stereocenters. The van der Waals surface area contributed by atoms with Crippen molar-refractivity contribution >= 4 is 12.0 Å². The van der Waals surface area contributed by atoms with Gasteiger partial charge in [0.25, 0.3) is 0 Å². The van der Waals surface area contributed by atoms with E-state index in [1.807, 2.05) is 37.3 Å². The summed E-state index contributed by atoms with van der Waals surface area (Å²) in [6.07, 6.45) is 2.57. The standard InChI is InChI=1S/C20H23N5O5/c1-13-10-22-19(25-29-8-7-26)24-18(13)15-9-17(21-11-15)30-20(28)23-16(12-27)14-5-3-2-4-6-14/h2-6,9-11,16,21,26-27H,7-8,12H2,1H3,(H,23,28)(H,22,24,25). The van der Waals surface area contributed by atoms with E-state index < -0.39 is 12.1 Å². The van der Waals surface area contributed by atoms with Crippen molar-refractivity contribution < 1.29 is 24.6 Å². The van der Waals surface area contributed by atoms with Crippen molar-refractivity contribution in [3.05, 3.63) is 59.9 Å². The van der Waals surface area contributed by atoms with Gasteiger partial charge in [0.05, 0.1) is 31.6 Å². The number of aliphatic hydroxyl groups excluding tert-OH is 2. The van der Waals surface area contributed by atoms with E-state index in [-0.39, 0.29) is 31.6 Å². The maximum Gasteiger partial charge on any atom is 0.414 e. The zero-order valence-electron chi connectivity index (χ0n) is 16.3. The average Bonchev–Trinajstić information content (AvgIpc) is 3.22. The van der Waals surface area contributed by atoms with E-state index in [0.29, 0.717) is 11.3 Å². The van der Waals surface area contributed by atoms with Crippen LogP contribution >= 0.6 is 0 Å². The van der Waals surface area contributed by atoms with Gasteiger partial charge in [0, 0.05) is 24.0 Å². The van der Waals surface area contributed by atoms with Crippen LogP contribution in [0.5, 0.6) is 5.88 Å². The summed E-state index contributed by atoms with van der Waals surface area (Å²) < 4.78 is 5.29. The Morgan fingerprint density at radius 1 is 1.27 bits per heavy atom. The third-order valence-corrected chi connectivity index (χ3v) is 4.14. The highest BCUT2D eigenvalue weighted by Gasteiger charge is 2.16. The van der Waals surface area contributed by atoms with E-state index in [9.17, 15) is 9.90 Å². The summed E-state index contributed by atoms with van der Waals surface area (Å²) in [5.74, 6) is 0.454. The summed E-state index contributed by atoms with van der Waals surface area (Å²) in [5.41, 5.74) is 5.43. The predicted octanol–water partition coefficient (Wildman–Crippen LogP) is 1.94.